The lowest BCUT2D eigenvalue weighted by Crippen LogP contribution is -2.39. The van der Waals surface area contributed by atoms with Gasteiger partial charge in [-0.05, 0) is 82.7 Å². The summed E-state index contributed by atoms with van der Waals surface area (Å²) in [5, 5.41) is 0. The lowest BCUT2D eigenvalue weighted by molar-refractivity contribution is -0.130. The number of rotatable bonds is 3. The predicted molar refractivity (Wildman–Crippen MR) is 117 cm³/mol. The van der Waals surface area contributed by atoms with Gasteiger partial charge in [0.05, 0.1) is 5.41 Å². The number of hydrogen-bond donors (Lipinski definition) is 0. The molecular weight excluding hydrogens is 362 g/mol. The second kappa shape index (κ2) is 7.59. The maximum atomic E-state index is 13.3. The van der Waals surface area contributed by atoms with Crippen molar-refractivity contribution in [3.8, 4) is 0 Å². The molecular formula is C24H35N3O2. The van der Waals surface area contributed by atoms with E-state index in [1.807, 2.05) is 4.90 Å². The van der Waals surface area contributed by atoms with Crippen molar-refractivity contribution in [2.45, 2.75) is 64.5 Å². The van der Waals surface area contributed by atoms with Gasteiger partial charge in [-0.3, -0.25) is 9.69 Å². The molecule has 2 atom stereocenters. The highest BCUT2D eigenvalue weighted by Gasteiger charge is 2.48. The van der Waals surface area contributed by atoms with Crippen LogP contribution in [0.4, 0.5) is 11.4 Å². The fraction of sp³-hybridized carbons (Fsp3) is 0.708. The van der Waals surface area contributed by atoms with Crippen LogP contribution in [0.2, 0.25) is 0 Å². The Morgan fingerprint density at radius 1 is 1.07 bits per heavy atom. The van der Waals surface area contributed by atoms with Gasteiger partial charge in [0.1, 0.15) is 0 Å². The van der Waals surface area contributed by atoms with Gasteiger partial charge in [0, 0.05) is 56.3 Å². The van der Waals surface area contributed by atoms with Crippen LogP contribution in [0.15, 0.2) is 18.2 Å². The van der Waals surface area contributed by atoms with Crippen molar-refractivity contribution in [2.24, 2.45) is 5.41 Å². The normalized spacial score (nSPS) is 30.1. The molecule has 5 rings (SSSR count). The molecule has 0 N–H and O–H groups in total. The third-order valence-corrected chi connectivity index (χ3v) is 8.04. The number of aryl methyl sites for hydroxylation is 1. The summed E-state index contributed by atoms with van der Waals surface area (Å²) in [7, 11) is 0. The number of likely N-dealkylation sites (tertiary alicyclic amines) is 1. The van der Waals surface area contributed by atoms with E-state index in [0.717, 1.165) is 63.8 Å². The van der Waals surface area contributed by atoms with Crippen LogP contribution in [0.1, 0.15) is 51.0 Å². The molecule has 1 spiro atoms. The van der Waals surface area contributed by atoms with Gasteiger partial charge >= 0.3 is 0 Å². The van der Waals surface area contributed by atoms with Gasteiger partial charge < -0.3 is 14.5 Å². The average molecular weight is 398 g/mol. The van der Waals surface area contributed by atoms with Crippen LogP contribution in [0, 0.1) is 12.3 Å². The molecule has 0 radical (unpaired) electrons. The van der Waals surface area contributed by atoms with Gasteiger partial charge in [0.25, 0.3) is 0 Å². The monoisotopic (exact) mass is 397 g/mol. The Morgan fingerprint density at radius 2 is 1.90 bits per heavy atom. The minimum atomic E-state index is -0.169. The zero-order chi connectivity index (χ0) is 20.0. The summed E-state index contributed by atoms with van der Waals surface area (Å²) >= 11 is 0. The van der Waals surface area contributed by atoms with E-state index in [0.29, 0.717) is 11.9 Å². The Kier molecular flexibility index (Phi) is 5.07. The van der Waals surface area contributed by atoms with E-state index in [-0.39, 0.29) is 5.41 Å². The molecule has 5 nitrogen and oxygen atoms in total. The highest BCUT2D eigenvalue weighted by atomic mass is 16.5. The quantitative estimate of drug-likeness (QED) is 0.781. The molecule has 0 bridgehead atoms. The van der Waals surface area contributed by atoms with Crippen molar-refractivity contribution >= 4 is 17.3 Å². The molecule has 4 saturated heterocycles. The lowest BCUT2D eigenvalue weighted by Gasteiger charge is -2.32. The van der Waals surface area contributed by atoms with E-state index in [2.05, 4.69) is 41.8 Å². The van der Waals surface area contributed by atoms with Crippen molar-refractivity contribution in [2.75, 3.05) is 49.2 Å². The number of amides is 1. The molecule has 1 aromatic carbocycles. The fourth-order valence-corrected chi connectivity index (χ4v) is 6.16. The average Bonchev–Trinajstić information content (AvgIpc) is 3.44. The molecule has 158 valence electrons. The van der Waals surface area contributed by atoms with Crippen LogP contribution in [-0.2, 0) is 9.53 Å². The summed E-state index contributed by atoms with van der Waals surface area (Å²) in [6, 6.07) is 8.16. The first kappa shape index (κ1) is 19.4. The molecule has 4 heterocycles. The Hall–Kier alpha value is -1.59. The predicted octanol–water partition coefficient (Wildman–Crippen LogP) is 3.59. The molecule has 29 heavy (non-hydrogen) atoms. The van der Waals surface area contributed by atoms with Gasteiger partial charge in [-0.2, -0.15) is 0 Å². The number of carbonyl (C=O) groups excluding carboxylic acids is 1. The van der Waals surface area contributed by atoms with Crippen molar-refractivity contribution in [1.29, 1.82) is 0 Å². The molecule has 1 aromatic rings. The number of ether oxygens (including phenoxy) is 1. The second-order valence-corrected chi connectivity index (χ2v) is 9.69. The molecule has 0 aliphatic carbocycles. The number of benzene rings is 1. The zero-order valence-corrected chi connectivity index (χ0v) is 18.0. The van der Waals surface area contributed by atoms with Crippen LogP contribution in [0.25, 0.3) is 0 Å². The molecule has 4 aliphatic rings. The summed E-state index contributed by atoms with van der Waals surface area (Å²) < 4.78 is 5.51. The maximum Gasteiger partial charge on any atom is 0.233 e. The Balaban J connectivity index is 1.29. The molecule has 4 aliphatic heterocycles. The topological polar surface area (TPSA) is 36.0 Å². The molecule has 0 unspecified atom stereocenters. The van der Waals surface area contributed by atoms with Crippen LogP contribution >= 0.6 is 0 Å². The Bertz CT molecular complexity index is 773. The first-order valence-electron chi connectivity index (χ1n) is 11.6. The zero-order valence-electron chi connectivity index (χ0n) is 18.0. The third-order valence-electron chi connectivity index (χ3n) is 8.04. The lowest BCUT2D eigenvalue weighted by atomic mass is 9.79. The van der Waals surface area contributed by atoms with Gasteiger partial charge in [0.2, 0.25) is 5.91 Å². The van der Waals surface area contributed by atoms with Crippen molar-refractivity contribution in [1.82, 2.24) is 4.90 Å². The van der Waals surface area contributed by atoms with Gasteiger partial charge in [0.15, 0.2) is 0 Å². The highest BCUT2D eigenvalue weighted by molar-refractivity contribution is 6.00. The Labute approximate surface area is 175 Å². The highest BCUT2D eigenvalue weighted by Crippen LogP contribution is 2.43. The van der Waals surface area contributed by atoms with Crippen LogP contribution < -0.4 is 9.80 Å². The van der Waals surface area contributed by atoms with E-state index in [1.165, 1.54) is 37.1 Å². The van der Waals surface area contributed by atoms with Crippen molar-refractivity contribution < 1.29 is 9.53 Å². The van der Waals surface area contributed by atoms with E-state index < -0.39 is 0 Å². The Morgan fingerprint density at radius 3 is 2.62 bits per heavy atom. The van der Waals surface area contributed by atoms with E-state index in [4.69, 9.17) is 4.74 Å². The number of nitrogens with zero attached hydrogens (tertiary/aromatic N) is 3. The van der Waals surface area contributed by atoms with E-state index in [1.54, 1.807) is 0 Å². The summed E-state index contributed by atoms with van der Waals surface area (Å²) in [4.78, 5) is 20.6. The maximum absolute atomic E-state index is 13.3. The summed E-state index contributed by atoms with van der Waals surface area (Å²) in [6.45, 7) is 10.4. The number of anilines is 2. The van der Waals surface area contributed by atoms with E-state index >= 15 is 0 Å². The fourth-order valence-electron chi connectivity index (χ4n) is 6.16. The minimum absolute atomic E-state index is 0.169. The molecule has 5 heteroatoms. The SMILES string of the molecule is Cc1cc(N2CC[C@@H](N3CCC[C@@H]3C)C2)ccc1N1CCC2(CCOCC2)C1=O. The van der Waals surface area contributed by atoms with Crippen LogP contribution in [0.3, 0.4) is 0 Å². The van der Waals surface area contributed by atoms with Gasteiger partial charge in [-0.25, -0.2) is 0 Å². The summed E-state index contributed by atoms with van der Waals surface area (Å²) in [5.41, 5.74) is 3.47. The van der Waals surface area contributed by atoms with Crippen molar-refractivity contribution in [3.63, 3.8) is 0 Å². The first-order chi connectivity index (χ1) is 14.1. The number of hydrogen-bond acceptors (Lipinski definition) is 4. The second-order valence-electron chi connectivity index (χ2n) is 9.69. The molecule has 0 saturated carbocycles. The first-order valence-corrected chi connectivity index (χ1v) is 11.6. The van der Waals surface area contributed by atoms with Gasteiger partial charge in [-0.1, -0.05) is 0 Å². The molecule has 0 aromatic heterocycles. The summed E-state index contributed by atoms with van der Waals surface area (Å²) in [6.07, 6.45) is 6.69. The standard InChI is InChI=1S/C24H35N3O2/c1-18-16-20(25-12-7-21(17-25)26-11-3-4-19(26)2)5-6-22(18)27-13-8-24(23(27)28)9-14-29-15-10-24/h5-6,16,19,21H,3-4,7-15,17H2,1-2H3/t19-,21+/m0/s1. The smallest absolute Gasteiger partial charge is 0.233 e. The van der Waals surface area contributed by atoms with Crippen LogP contribution in [-0.4, -0.2) is 62.3 Å². The minimum Gasteiger partial charge on any atom is -0.381 e. The largest absolute Gasteiger partial charge is 0.381 e. The van der Waals surface area contributed by atoms with E-state index in [9.17, 15) is 4.79 Å². The van der Waals surface area contributed by atoms with Gasteiger partial charge in [-0.15, -0.1) is 0 Å². The number of carbonyl (C=O) groups is 1. The molecule has 1 amide bonds. The summed E-state index contributed by atoms with van der Waals surface area (Å²) in [5.74, 6) is 0.320. The van der Waals surface area contributed by atoms with Crippen molar-refractivity contribution in [3.05, 3.63) is 23.8 Å². The van der Waals surface area contributed by atoms with Crippen LogP contribution in [0.5, 0.6) is 0 Å². The third kappa shape index (κ3) is 3.36. The molecule has 4 fully saturated rings.